The summed E-state index contributed by atoms with van der Waals surface area (Å²) in [5, 5.41) is 0. The number of aromatic nitrogens is 6. The highest BCUT2D eigenvalue weighted by molar-refractivity contribution is 6.02. The second kappa shape index (κ2) is 10.2. The molecule has 1 saturated carbocycles. The van der Waals surface area contributed by atoms with Crippen molar-refractivity contribution in [3.8, 4) is 28.7 Å². The van der Waals surface area contributed by atoms with Gasteiger partial charge in [0.1, 0.15) is 29.2 Å². The summed E-state index contributed by atoms with van der Waals surface area (Å²) in [6.07, 6.45) is 1.81. The Bertz CT molecular complexity index is 1800. The van der Waals surface area contributed by atoms with Gasteiger partial charge in [-0.2, -0.15) is 13.2 Å². The lowest BCUT2D eigenvalue weighted by Crippen LogP contribution is -2.44. The van der Waals surface area contributed by atoms with Crippen molar-refractivity contribution >= 4 is 17.4 Å². The van der Waals surface area contributed by atoms with Gasteiger partial charge in [0.05, 0.1) is 31.1 Å². The number of benzene rings is 1. The van der Waals surface area contributed by atoms with Crippen LogP contribution in [0.1, 0.15) is 60.5 Å². The second-order valence-electron chi connectivity index (χ2n) is 11.5. The molecule has 3 aromatic heterocycles. The van der Waals surface area contributed by atoms with Gasteiger partial charge >= 0.3 is 6.18 Å². The zero-order chi connectivity index (χ0) is 30.9. The highest BCUT2D eigenvalue weighted by Gasteiger charge is 2.37. The van der Waals surface area contributed by atoms with Crippen LogP contribution in [-0.2, 0) is 24.1 Å². The van der Waals surface area contributed by atoms with E-state index in [4.69, 9.17) is 9.72 Å². The van der Waals surface area contributed by atoms with E-state index in [-0.39, 0.29) is 48.8 Å². The summed E-state index contributed by atoms with van der Waals surface area (Å²) in [5.41, 5.74) is 2.02. The Hall–Kier alpha value is -4.62. The summed E-state index contributed by atoms with van der Waals surface area (Å²) >= 11 is 0. The maximum Gasteiger partial charge on any atom is 0.434 e. The van der Waals surface area contributed by atoms with Gasteiger partial charge in [-0.3, -0.25) is 4.79 Å². The van der Waals surface area contributed by atoms with Crippen molar-refractivity contribution in [1.29, 1.82) is 0 Å². The zero-order valence-corrected chi connectivity index (χ0v) is 24.2. The van der Waals surface area contributed by atoms with Gasteiger partial charge in [-0.05, 0) is 42.4 Å². The van der Waals surface area contributed by atoms with Crippen LogP contribution in [0, 0.1) is 5.82 Å². The summed E-state index contributed by atoms with van der Waals surface area (Å²) in [6.45, 7) is 2.30. The molecule has 7 rings (SSSR count). The van der Waals surface area contributed by atoms with Gasteiger partial charge in [0.25, 0.3) is 0 Å². The molecule has 0 bridgehead atoms. The van der Waals surface area contributed by atoms with Crippen LogP contribution in [-0.4, -0.2) is 56.1 Å². The fraction of sp³-hybridized carbons (Fsp3) is 0.400. The van der Waals surface area contributed by atoms with Crippen LogP contribution in [0.2, 0.25) is 0 Å². The fourth-order valence-corrected chi connectivity index (χ4v) is 6.01. The molecule has 1 aromatic carbocycles. The predicted octanol–water partition coefficient (Wildman–Crippen LogP) is 5.33. The van der Waals surface area contributed by atoms with Crippen LogP contribution >= 0.6 is 0 Å². The van der Waals surface area contributed by atoms with Gasteiger partial charge in [0.15, 0.2) is 17.3 Å². The van der Waals surface area contributed by atoms with E-state index in [0.29, 0.717) is 46.3 Å². The number of halogens is 4. The zero-order valence-electron chi connectivity index (χ0n) is 24.2. The van der Waals surface area contributed by atoms with E-state index >= 15 is 4.39 Å². The molecule has 0 radical (unpaired) electrons. The van der Waals surface area contributed by atoms with Crippen LogP contribution in [0.15, 0.2) is 30.9 Å². The van der Waals surface area contributed by atoms with Gasteiger partial charge in [0, 0.05) is 32.3 Å². The van der Waals surface area contributed by atoms with E-state index in [0.717, 1.165) is 24.7 Å². The van der Waals surface area contributed by atoms with Gasteiger partial charge in [-0.1, -0.05) is 13.0 Å². The molecule has 1 atom stereocenters. The molecule has 1 amide bonds. The fourth-order valence-electron chi connectivity index (χ4n) is 6.01. The number of hydrogen-bond acceptors (Lipinski definition) is 8. The largest absolute Gasteiger partial charge is 0.480 e. The average Bonchev–Trinajstić information content (AvgIpc) is 3.77. The average molecular weight is 609 g/mol. The second-order valence-corrected chi connectivity index (χ2v) is 11.5. The Morgan fingerprint density at radius 3 is 2.59 bits per heavy atom. The number of likely N-dealkylation sites (N-methyl/N-ethyl adjacent to an activating group) is 1. The number of aryl methyl sites for hydroxylation is 1. The van der Waals surface area contributed by atoms with Crippen LogP contribution in [0.4, 0.5) is 29.1 Å². The summed E-state index contributed by atoms with van der Waals surface area (Å²) in [6, 6.07) is 3.09. The first-order valence-corrected chi connectivity index (χ1v) is 14.3. The van der Waals surface area contributed by atoms with Crippen LogP contribution in [0.25, 0.3) is 22.8 Å². The van der Waals surface area contributed by atoms with Crippen molar-refractivity contribution in [3.63, 3.8) is 0 Å². The first-order valence-electron chi connectivity index (χ1n) is 14.3. The highest BCUT2D eigenvalue weighted by Crippen LogP contribution is 2.46. The molecule has 44 heavy (non-hydrogen) atoms. The number of hydrogen-bond donors (Lipinski definition) is 0. The number of fused-ring (bicyclic) bond motifs is 4. The summed E-state index contributed by atoms with van der Waals surface area (Å²) in [7, 11) is 3.16. The van der Waals surface area contributed by atoms with Crippen molar-refractivity contribution in [1.82, 2.24) is 29.5 Å². The molecule has 4 aromatic rings. The van der Waals surface area contributed by atoms with E-state index in [9.17, 15) is 18.0 Å². The number of anilines is 2. The summed E-state index contributed by atoms with van der Waals surface area (Å²) in [4.78, 5) is 38.2. The standard InChI is InChI=1S/C30H28F4N8O2/c1-15-6-7-41-12-21(30(32,33)34)38-28(41)23-18(15)8-16(9-19(23)31)11-42-13-22(43)40(2)20-10-35-26(39-27(20)42)24-25(17-4-5-17)36-14-37-29(24)44-3/h8-10,12,14-15,17H,4-7,11,13H2,1-3H3. The minimum absolute atomic E-state index is 0.0224. The monoisotopic (exact) mass is 608 g/mol. The third kappa shape index (κ3) is 4.72. The summed E-state index contributed by atoms with van der Waals surface area (Å²) in [5.74, 6) is 0.385. The molecule has 14 heteroatoms. The van der Waals surface area contributed by atoms with E-state index in [1.807, 2.05) is 6.92 Å². The van der Waals surface area contributed by atoms with Crippen molar-refractivity contribution in [2.45, 2.75) is 57.3 Å². The number of carbonyl (C=O) groups is 1. The van der Waals surface area contributed by atoms with Crippen LogP contribution < -0.4 is 14.5 Å². The molecule has 0 N–H and O–H groups in total. The Labute approximate surface area is 249 Å². The number of imidazole rings is 1. The van der Waals surface area contributed by atoms with Crippen molar-refractivity contribution in [3.05, 3.63) is 59.2 Å². The topological polar surface area (TPSA) is 102 Å². The highest BCUT2D eigenvalue weighted by atomic mass is 19.4. The van der Waals surface area contributed by atoms with Gasteiger partial charge < -0.3 is 19.1 Å². The SMILES string of the molecule is COc1ncnc(C2CC2)c1-c1ncc2c(n1)N(Cc1cc(F)c3c(c1)C(C)CCn1cc(C(F)(F)F)nc1-3)CC(=O)N2C. The van der Waals surface area contributed by atoms with E-state index in [1.165, 1.54) is 29.0 Å². The predicted molar refractivity (Wildman–Crippen MR) is 152 cm³/mol. The smallest absolute Gasteiger partial charge is 0.434 e. The van der Waals surface area contributed by atoms with Crippen LogP contribution in [0.3, 0.4) is 0 Å². The quantitative estimate of drug-likeness (QED) is 0.280. The number of nitrogens with zero attached hydrogens (tertiary/aromatic N) is 8. The minimum atomic E-state index is -4.64. The van der Waals surface area contributed by atoms with Crippen LogP contribution in [0.5, 0.6) is 5.88 Å². The number of amides is 1. The molecule has 5 heterocycles. The molecule has 1 aliphatic carbocycles. The summed E-state index contributed by atoms with van der Waals surface area (Å²) < 4.78 is 63.1. The molecular weight excluding hydrogens is 580 g/mol. The van der Waals surface area contributed by atoms with Crippen molar-refractivity contribution in [2.24, 2.45) is 0 Å². The van der Waals surface area contributed by atoms with Crippen molar-refractivity contribution < 1.29 is 27.1 Å². The Kier molecular flexibility index (Phi) is 6.55. The number of ether oxygens (including phenoxy) is 1. The molecule has 228 valence electrons. The van der Waals surface area contributed by atoms with Gasteiger partial charge in [-0.25, -0.2) is 29.3 Å². The lowest BCUT2D eigenvalue weighted by Gasteiger charge is -2.34. The Morgan fingerprint density at radius 1 is 1.07 bits per heavy atom. The third-order valence-electron chi connectivity index (χ3n) is 8.51. The number of carbonyl (C=O) groups excluding carboxylic acids is 1. The lowest BCUT2D eigenvalue weighted by atomic mass is 9.91. The molecule has 2 aliphatic heterocycles. The maximum atomic E-state index is 15.9. The van der Waals surface area contributed by atoms with Crippen molar-refractivity contribution in [2.75, 3.05) is 30.5 Å². The van der Waals surface area contributed by atoms with E-state index in [2.05, 4.69) is 19.9 Å². The van der Waals surface area contributed by atoms with Gasteiger partial charge in [0.2, 0.25) is 11.8 Å². The molecular formula is C30H28F4N8O2. The molecule has 1 unspecified atom stereocenters. The Morgan fingerprint density at radius 2 is 1.86 bits per heavy atom. The molecule has 1 fully saturated rings. The number of rotatable bonds is 5. The molecule has 10 nitrogen and oxygen atoms in total. The normalized spacial score (nSPS) is 18.1. The first-order chi connectivity index (χ1) is 21.0. The molecule has 0 saturated heterocycles. The minimum Gasteiger partial charge on any atom is -0.480 e. The van der Waals surface area contributed by atoms with E-state index in [1.54, 1.807) is 24.2 Å². The lowest BCUT2D eigenvalue weighted by molar-refractivity contribution is -0.140. The van der Waals surface area contributed by atoms with Gasteiger partial charge in [-0.15, -0.1) is 0 Å². The Balaban J connectivity index is 1.29. The van der Waals surface area contributed by atoms with E-state index < -0.39 is 17.7 Å². The molecule has 0 spiro atoms. The molecule has 3 aliphatic rings. The maximum absolute atomic E-state index is 15.9. The number of methoxy groups -OCH3 is 1. The first kappa shape index (κ1) is 28.2. The third-order valence-corrected chi connectivity index (χ3v) is 8.51. The number of alkyl halides is 3.